The molecule has 2 nitrogen and oxygen atoms in total. The van der Waals surface area contributed by atoms with Crippen LogP contribution in [0.25, 0.3) is 11.0 Å². The first-order valence-electron chi connectivity index (χ1n) is 4.70. The molecule has 1 radical (unpaired) electrons. The van der Waals surface area contributed by atoms with Crippen LogP contribution in [-0.2, 0) is 22.4 Å². The first-order chi connectivity index (χ1) is 8.20. The summed E-state index contributed by atoms with van der Waals surface area (Å²) in [6.45, 7) is 1.86. The fourth-order valence-electron chi connectivity index (χ4n) is 1.29. The van der Waals surface area contributed by atoms with Crippen LogP contribution in [0.3, 0.4) is 0 Å². The summed E-state index contributed by atoms with van der Waals surface area (Å²) in [7, 11) is 0. The molecule has 2 rings (SSSR count). The zero-order chi connectivity index (χ0) is 13.9. The van der Waals surface area contributed by atoms with E-state index in [2.05, 4.69) is 25.3 Å². The van der Waals surface area contributed by atoms with Gasteiger partial charge in [-0.1, -0.05) is 30.8 Å². The van der Waals surface area contributed by atoms with Crippen LogP contribution in [0.1, 0.15) is 5.56 Å². The Bertz CT molecular complexity index is 605. The average molecular weight is 402 g/mol. The monoisotopic (exact) mass is 401 g/mol. The Hall–Kier alpha value is -0.340. The molecule has 0 bridgehead atoms. The summed E-state index contributed by atoms with van der Waals surface area (Å²) in [5.74, 6) is 0. The molecule has 0 saturated carbocycles. The summed E-state index contributed by atoms with van der Waals surface area (Å²) in [6, 6.07) is 7.43. The van der Waals surface area contributed by atoms with E-state index >= 15 is 0 Å². The molecule has 0 saturated heterocycles. The Morgan fingerprint density at radius 2 is 1.68 bits per heavy atom. The molecule has 8 heteroatoms. The minimum Gasteiger partial charge on any atom is -0.422 e. The van der Waals surface area contributed by atoms with Crippen LogP contribution in [0, 0.1) is 6.92 Å². The van der Waals surface area contributed by atoms with Gasteiger partial charge in [-0.25, -0.2) is 4.79 Å². The van der Waals surface area contributed by atoms with Gasteiger partial charge in [0.05, 0.1) is 4.90 Å². The summed E-state index contributed by atoms with van der Waals surface area (Å²) in [4.78, 5) is 11.6. The molecule has 2 aromatic rings. The Balaban J connectivity index is 0.000000471. The number of thiol groups is 2. The van der Waals surface area contributed by atoms with Crippen LogP contribution >= 0.6 is 25.3 Å². The van der Waals surface area contributed by atoms with Gasteiger partial charge in [0, 0.05) is 27.8 Å². The van der Waals surface area contributed by atoms with Crippen LogP contribution in [-0.4, -0.2) is 5.51 Å². The van der Waals surface area contributed by atoms with Gasteiger partial charge < -0.3 is 4.42 Å². The van der Waals surface area contributed by atoms with Crippen molar-refractivity contribution in [2.75, 3.05) is 0 Å². The first kappa shape index (κ1) is 18.7. The fourth-order valence-corrected chi connectivity index (χ4v) is 1.46. The number of halogens is 3. The number of hydrogen-bond donors (Lipinski definition) is 2. The molecular weight excluding hydrogens is 393 g/mol. The summed E-state index contributed by atoms with van der Waals surface area (Å²) in [5, 5.41) is 0.937. The minimum atomic E-state index is -4.31. The van der Waals surface area contributed by atoms with E-state index in [9.17, 15) is 18.0 Å². The Morgan fingerprint density at radius 3 is 2.21 bits per heavy atom. The third kappa shape index (κ3) is 6.09. The summed E-state index contributed by atoms with van der Waals surface area (Å²) >= 11 is 6.20. The third-order valence-electron chi connectivity index (χ3n) is 2.04. The molecule has 0 atom stereocenters. The van der Waals surface area contributed by atoms with Crippen LogP contribution in [0.15, 0.2) is 38.4 Å². The standard InChI is InChI=1S/C10H8O2S.CHF3S.Ag/c1-6-7-4-2-3-5-8(7)12-10(11)9(6)13;2-1(3,4)5;/h2-5,13H,1H3;5H;. The number of aryl methyl sites for hydroxylation is 1. The Labute approximate surface area is 133 Å². The van der Waals surface area contributed by atoms with Crippen molar-refractivity contribution in [2.24, 2.45) is 0 Å². The molecule has 0 N–H and O–H groups in total. The predicted molar refractivity (Wildman–Crippen MR) is 69.5 cm³/mol. The van der Waals surface area contributed by atoms with Gasteiger partial charge >= 0.3 is 11.1 Å². The zero-order valence-electron chi connectivity index (χ0n) is 9.46. The maximum atomic E-state index is 11.2. The largest absolute Gasteiger partial charge is 0.438 e. The van der Waals surface area contributed by atoms with E-state index in [0.29, 0.717) is 10.5 Å². The number of alkyl halides is 3. The first-order valence-corrected chi connectivity index (χ1v) is 5.60. The van der Waals surface area contributed by atoms with Gasteiger partial charge in [-0.2, -0.15) is 13.2 Å². The van der Waals surface area contributed by atoms with Crippen LogP contribution in [0.2, 0.25) is 0 Å². The molecule has 0 aliphatic rings. The van der Waals surface area contributed by atoms with Gasteiger partial charge in [0.15, 0.2) is 0 Å². The van der Waals surface area contributed by atoms with Crippen molar-refractivity contribution >= 4 is 36.2 Å². The number of para-hydroxylation sites is 1. The van der Waals surface area contributed by atoms with Gasteiger partial charge in [0.25, 0.3) is 0 Å². The Morgan fingerprint density at radius 1 is 1.21 bits per heavy atom. The van der Waals surface area contributed by atoms with Crippen LogP contribution < -0.4 is 5.63 Å². The second-order valence-corrected chi connectivity index (χ2v) is 4.28. The van der Waals surface area contributed by atoms with Crippen molar-refractivity contribution in [1.29, 1.82) is 0 Å². The average Bonchev–Trinajstić information content (AvgIpc) is 2.24. The Kier molecular flexibility index (Phi) is 7.31. The van der Waals surface area contributed by atoms with Crippen molar-refractivity contribution in [2.45, 2.75) is 17.3 Å². The molecule has 19 heavy (non-hydrogen) atoms. The van der Waals surface area contributed by atoms with Crippen LogP contribution in [0.4, 0.5) is 13.2 Å². The van der Waals surface area contributed by atoms with E-state index < -0.39 is 5.51 Å². The molecule has 0 aliphatic heterocycles. The molecule has 0 amide bonds. The van der Waals surface area contributed by atoms with E-state index in [1.165, 1.54) is 0 Å². The molecule has 0 unspecified atom stereocenters. The van der Waals surface area contributed by atoms with Gasteiger partial charge in [0.1, 0.15) is 5.58 Å². The van der Waals surface area contributed by atoms with Gasteiger partial charge in [0.2, 0.25) is 0 Å². The molecule has 0 spiro atoms. The topological polar surface area (TPSA) is 30.2 Å². The van der Waals surface area contributed by atoms with E-state index in [1.807, 2.05) is 25.1 Å². The SMILES string of the molecule is Cc1c(S)c(=O)oc2ccccc12.FC(F)(F)S.[Ag]. The smallest absolute Gasteiger partial charge is 0.422 e. The van der Waals surface area contributed by atoms with E-state index in [-0.39, 0.29) is 28.0 Å². The second kappa shape index (κ2) is 7.44. The summed E-state index contributed by atoms with van der Waals surface area (Å²) in [5.41, 5.74) is -3.20. The molecule has 109 valence electrons. The number of rotatable bonds is 0. The van der Waals surface area contributed by atoms with Gasteiger partial charge in [-0.15, -0.1) is 12.6 Å². The molecule has 0 aliphatic carbocycles. The van der Waals surface area contributed by atoms with Crippen molar-refractivity contribution in [3.8, 4) is 0 Å². The second-order valence-electron chi connectivity index (χ2n) is 3.33. The third-order valence-corrected chi connectivity index (χ3v) is 2.56. The van der Waals surface area contributed by atoms with E-state index in [1.54, 1.807) is 6.07 Å². The zero-order valence-corrected chi connectivity index (χ0v) is 12.7. The van der Waals surface area contributed by atoms with Crippen molar-refractivity contribution in [1.82, 2.24) is 0 Å². The maximum Gasteiger partial charge on any atom is 0.438 e. The summed E-state index contributed by atoms with van der Waals surface area (Å²) < 4.78 is 35.7. The predicted octanol–water partition coefficient (Wildman–Crippen LogP) is 3.82. The molecular formula is C11H9AgF3O2S2. The fraction of sp³-hybridized carbons (Fsp3) is 0.182. The van der Waals surface area contributed by atoms with Crippen LogP contribution in [0.5, 0.6) is 0 Å². The van der Waals surface area contributed by atoms with Crippen molar-refractivity contribution in [3.05, 3.63) is 40.2 Å². The summed E-state index contributed by atoms with van der Waals surface area (Å²) in [6.07, 6.45) is 0. The van der Waals surface area contributed by atoms with Crippen molar-refractivity contribution < 1.29 is 40.0 Å². The molecule has 1 aromatic heterocycles. The van der Waals surface area contributed by atoms with Gasteiger partial charge in [-0.05, 0) is 18.6 Å². The maximum absolute atomic E-state index is 11.2. The molecule has 1 heterocycles. The van der Waals surface area contributed by atoms with E-state index in [0.717, 1.165) is 10.9 Å². The quantitative estimate of drug-likeness (QED) is 0.399. The number of hydrogen-bond acceptors (Lipinski definition) is 4. The minimum absolute atomic E-state index is 0. The van der Waals surface area contributed by atoms with Gasteiger partial charge in [-0.3, -0.25) is 0 Å². The normalized spacial score (nSPS) is 10.4. The number of fused-ring (bicyclic) bond motifs is 1. The molecule has 0 fully saturated rings. The van der Waals surface area contributed by atoms with Crippen molar-refractivity contribution in [3.63, 3.8) is 0 Å². The van der Waals surface area contributed by atoms with E-state index in [4.69, 9.17) is 4.42 Å². The molecule has 1 aromatic carbocycles. The number of benzene rings is 1.